The van der Waals surface area contributed by atoms with Crippen molar-refractivity contribution in [3.63, 3.8) is 0 Å². The van der Waals surface area contributed by atoms with Gasteiger partial charge in [-0.2, -0.15) is 0 Å². The summed E-state index contributed by atoms with van der Waals surface area (Å²) in [5.74, 6) is -0.417. The summed E-state index contributed by atoms with van der Waals surface area (Å²) in [5, 5.41) is 18.9. The highest BCUT2D eigenvalue weighted by atomic mass is 16.3. The number of benzene rings is 1. The predicted octanol–water partition coefficient (Wildman–Crippen LogP) is 0.835. The summed E-state index contributed by atoms with van der Waals surface area (Å²) < 4.78 is 0. The first-order valence-electron chi connectivity index (χ1n) is 7.00. The Morgan fingerprint density at radius 2 is 1.90 bits per heavy atom. The third-order valence-corrected chi connectivity index (χ3v) is 3.68. The quantitative estimate of drug-likeness (QED) is 0.807. The molecule has 0 saturated carbocycles. The molecule has 0 spiro atoms. The first-order chi connectivity index (χ1) is 9.97. The lowest BCUT2D eigenvalue weighted by Gasteiger charge is -2.20. The minimum Gasteiger partial charge on any atom is -0.508 e. The molecule has 1 saturated heterocycles. The Kier molecular flexibility index (Phi) is 4.80. The van der Waals surface area contributed by atoms with E-state index in [-0.39, 0.29) is 35.3 Å². The second kappa shape index (κ2) is 6.58. The average Bonchev–Trinajstić information content (AvgIpc) is 2.64. The fourth-order valence-corrected chi connectivity index (χ4v) is 2.49. The summed E-state index contributed by atoms with van der Waals surface area (Å²) in [6.07, 6.45) is 0.828. The third kappa shape index (κ3) is 3.95. The van der Waals surface area contributed by atoms with Crippen LogP contribution >= 0.6 is 0 Å². The molecule has 1 aromatic carbocycles. The van der Waals surface area contributed by atoms with Gasteiger partial charge < -0.3 is 15.1 Å². The van der Waals surface area contributed by atoms with Gasteiger partial charge in [-0.05, 0) is 18.6 Å². The van der Waals surface area contributed by atoms with Crippen molar-refractivity contribution in [2.24, 2.45) is 0 Å². The van der Waals surface area contributed by atoms with E-state index in [0.717, 1.165) is 19.0 Å². The Morgan fingerprint density at radius 1 is 1.14 bits per heavy atom. The van der Waals surface area contributed by atoms with E-state index in [2.05, 4.69) is 0 Å². The Hall–Kier alpha value is -2.08. The number of phenols is 2. The number of nitrogens with zero attached hydrogens (tertiary/aromatic N) is 2. The highest BCUT2D eigenvalue weighted by Gasteiger charge is 2.20. The van der Waals surface area contributed by atoms with Crippen molar-refractivity contribution < 1.29 is 19.8 Å². The van der Waals surface area contributed by atoms with Crippen LogP contribution in [0.2, 0.25) is 0 Å². The topological polar surface area (TPSA) is 81.1 Å². The van der Waals surface area contributed by atoms with Gasteiger partial charge in [0.2, 0.25) is 5.91 Å². The summed E-state index contributed by atoms with van der Waals surface area (Å²) in [7, 11) is 0. The number of aromatic hydroxyl groups is 2. The molecular weight excluding hydrogens is 272 g/mol. The van der Waals surface area contributed by atoms with Gasteiger partial charge >= 0.3 is 0 Å². The third-order valence-electron chi connectivity index (χ3n) is 3.68. The van der Waals surface area contributed by atoms with Gasteiger partial charge in [0.25, 0.3) is 0 Å². The lowest BCUT2D eigenvalue weighted by Crippen LogP contribution is -2.35. The number of carbonyl (C=O) groups excluding carboxylic acids is 2. The molecule has 0 atom stereocenters. The average molecular weight is 292 g/mol. The van der Waals surface area contributed by atoms with E-state index in [1.54, 1.807) is 11.8 Å². The first-order valence-corrected chi connectivity index (χ1v) is 7.00. The van der Waals surface area contributed by atoms with Crippen LogP contribution in [0, 0.1) is 0 Å². The maximum absolute atomic E-state index is 12.2. The fraction of sp³-hybridized carbons (Fsp3) is 0.467. The Morgan fingerprint density at radius 3 is 2.57 bits per heavy atom. The van der Waals surface area contributed by atoms with Gasteiger partial charge in [-0.25, -0.2) is 0 Å². The largest absolute Gasteiger partial charge is 0.508 e. The fourth-order valence-electron chi connectivity index (χ4n) is 2.49. The number of carbonyl (C=O) groups is 2. The molecule has 1 fully saturated rings. The number of amides is 1. The van der Waals surface area contributed by atoms with E-state index < -0.39 is 0 Å². The second-order valence-corrected chi connectivity index (χ2v) is 5.26. The van der Waals surface area contributed by atoms with Crippen molar-refractivity contribution in [2.75, 3.05) is 32.7 Å². The molecule has 0 bridgehead atoms. The Bertz CT molecular complexity index is 544. The molecule has 6 heteroatoms. The van der Waals surface area contributed by atoms with Gasteiger partial charge in [0.1, 0.15) is 11.5 Å². The second-order valence-electron chi connectivity index (χ2n) is 5.26. The van der Waals surface area contributed by atoms with Crippen LogP contribution in [0.15, 0.2) is 18.2 Å². The molecule has 0 aromatic heterocycles. The summed E-state index contributed by atoms with van der Waals surface area (Å²) in [5.41, 5.74) is 0.209. The number of rotatable bonds is 3. The van der Waals surface area contributed by atoms with E-state index in [9.17, 15) is 19.8 Å². The van der Waals surface area contributed by atoms with Crippen LogP contribution in [0.3, 0.4) is 0 Å². The van der Waals surface area contributed by atoms with Crippen LogP contribution in [0.25, 0.3) is 0 Å². The predicted molar refractivity (Wildman–Crippen MR) is 77.4 cm³/mol. The van der Waals surface area contributed by atoms with Gasteiger partial charge in [0, 0.05) is 39.2 Å². The summed E-state index contributed by atoms with van der Waals surface area (Å²) in [4.78, 5) is 27.3. The van der Waals surface area contributed by atoms with Crippen LogP contribution in [0.4, 0.5) is 0 Å². The van der Waals surface area contributed by atoms with Crippen molar-refractivity contribution in [3.05, 3.63) is 23.8 Å². The van der Waals surface area contributed by atoms with Gasteiger partial charge in [-0.3, -0.25) is 14.5 Å². The SMILES string of the molecule is CC(=O)N1CCCN(CC(=O)c2ccc(O)cc2O)CC1. The number of hydrogen-bond acceptors (Lipinski definition) is 5. The van der Waals surface area contributed by atoms with Crippen molar-refractivity contribution in [1.82, 2.24) is 9.80 Å². The number of ketones is 1. The van der Waals surface area contributed by atoms with E-state index in [4.69, 9.17) is 0 Å². The van der Waals surface area contributed by atoms with Gasteiger partial charge in [-0.15, -0.1) is 0 Å². The maximum atomic E-state index is 12.2. The molecule has 1 aliphatic heterocycles. The minimum atomic E-state index is -0.208. The number of phenolic OH excluding ortho intramolecular Hbond substituents is 2. The lowest BCUT2D eigenvalue weighted by atomic mass is 10.1. The van der Waals surface area contributed by atoms with Gasteiger partial charge in [0.15, 0.2) is 5.78 Å². The van der Waals surface area contributed by atoms with Gasteiger partial charge in [-0.1, -0.05) is 0 Å². The van der Waals surface area contributed by atoms with Crippen molar-refractivity contribution in [1.29, 1.82) is 0 Å². The highest BCUT2D eigenvalue weighted by Crippen LogP contribution is 2.23. The van der Waals surface area contributed by atoms with Gasteiger partial charge in [0.05, 0.1) is 12.1 Å². The standard InChI is InChI=1S/C15H20N2O4/c1-11(18)17-6-2-5-16(7-8-17)10-15(21)13-4-3-12(19)9-14(13)20/h3-4,9,19-20H,2,5-8,10H2,1H3. The van der Waals surface area contributed by atoms with E-state index in [1.165, 1.54) is 12.1 Å². The minimum absolute atomic E-state index is 0.0550. The first kappa shape index (κ1) is 15.3. The summed E-state index contributed by atoms with van der Waals surface area (Å²) in [6, 6.07) is 3.96. The highest BCUT2D eigenvalue weighted by molar-refractivity contribution is 6.00. The van der Waals surface area contributed by atoms with E-state index in [1.807, 2.05) is 4.90 Å². The molecule has 6 nitrogen and oxygen atoms in total. The molecule has 1 heterocycles. The molecule has 0 radical (unpaired) electrons. The molecule has 1 aliphatic rings. The molecular formula is C15H20N2O4. The number of hydrogen-bond donors (Lipinski definition) is 2. The summed E-state index contributed by atoms with van der Waals surface area (Å²) >= 11 is 0. The Balaban J connectivity index is 1.98. The molecule has 0 unspecified atom stereocenters. The molecule has 2 rings (SSSR count). The number of Topliss-reactive ketones (excluding diaryl/α,β-unsaturated/α-hetero) is 1. The molecule has 21 heavy (non-hydrogen) atoms. The van der Waals surface area contributed by atoms with Crippen molar-refractivity contribution in [2.45, 2.75) is 13.3 Å². The normalized spacial score (nSPS) is 16.5. The molecule has 114 valence electrons. The van der Waals surface area contributed by atoms with Crippen LogP contribution in [-0.2, 0) is 4.79 Å². The van der Waals surface area contributed by atoms with Crippen molar-refractivity contribution >= 4 is 11.7 Å². The molecule has 1 aromatic rings. The zero-order chi connectivity index (χ0) is 15.4. The Labute approximate surface area is 123 Å². The van der Waals surface area contributed by atoms with Crippen LogP contribution < -0.4 is 0 Å². The monoisotopic (exact) mass is 292 g/mol. The van der Waals surface area contributed by atoms with Crippen LogP contribution in [0.5, 0.6) is 11.5 Å². The van der Waals surface area contributed by atoms with Crippen LogP contribution in [-0.4, -0.2) is 64.4 Å². The molecule has 1 amide bonds. The smallest absolute Gasteiger partial charge is 0.219 e. The lowest BCUT2D eigenvalue weighted by molar-refractivity contribution is -0.128. The van der Waals surface area contributed by atoms with E-state index in [0.29, 0.717) is 19.6 Å². The van der Waals surface area contributed by atoms with E-state index >= 15 is 0 Å². The molecule has 0 aliphatic carbocycles. The molecule has 2 N–H and O–H groups in total. The van der Waals surface area contributed by atoms with Crippen molar-refractivity contribution in [3.8, 4) is 11.5 Å². The zero-order valence-corrected chi connectivity index (χ0v) is 12.1. The van der Waals surface area contributed by atoms with Crippen LogP contribution in [0.1, 0.15) is 23.7 Å². The summed E-state index contributed by atoms with van der Waals surface area (Å²) in [6.45, 7) is 4.46. The maximum Gasteiger partial charge on any atom is 0.219 e. The zero-order valence-electron chi connectivity index (χ0n) is 12.1.